The number of hydrogen-bond donors (Lipinski definition) is 0. The highest BCUT2D eigenvalue weighted by Gasteiger charge is 2.22. The first-order chi connectivity index (χ1) is 8.83. The fraction of sp³-hybridized carbons (Fsp3) is 0.375. The van der Waals surface area contributed by atoms with E-state index < -0.39 is 0 Å². The van der Waals surface area contributed by atoms with Gasteiger partial charge >= 0.3 is 0 Å². The minimum atomic E-state index is -0.253. The van der Waals surface area contributed by atoms with Crippen LogP contribution in [-0.4, -0.2) is 13.2 Å². The average Bonchev–Trinajstić information content (AvgIpc) is 2.46. The van der Waals surface area contributed by atoms with Crippen LogP contribution in [0.1, 0.15) is 30.3 Å². The standard InChI is InChI=1S/C16H18O2/c1-3-5-6-14-11-17-16(18-12-14)15-9-7-13(4-2)8-10-15/h2-3,7-10,14,16H,1,5-6,11-12H2. The molecule has 0 aromatic heterocycles. The van der Waals surface area contributed by atoms with Gasteiger partial charge in [0.15, 0.2) is 6.29 Å². The molecule has 1 aromatic carbocycles. The Morgan fingerprint density at radius 1 is 1.28 bits per heavy atom. The van der Waals surface area contributed by atoms with Crippen LogP contribution in [0.4, 0.5) is 0 Å². The summed E-state index contributed by atoms with van der Waals surface area (Å²) in [7, 11) is 0. The predicted octanol–water partition coefficient (Wildman–Crippen LogP) is 3.30. The number of hydrogen-bond acceptors (Lipinski definition) is 2. The molecule has 0 aliphatic carbocycles. The monoisotopic (exact) mass is 242 g/mol. The molecule has 0 saturated carbocycles. The molecule has 1 aromatic rings. The second-order valence-electron chi connectivity index (χ2n) is 4.50. The Hall–Kier alpha value is -1.56. The maximum atomic E-state index is 5.74. The molecular formula is C16H18O2. The summed E-state index contributed by atoms with van der Waals surface area (Å²) >= 11 is 0. The zero-order chi connectivity index (χ0) is 12.8. The summed E-state index contributed by atoms with van der Waals surface area (Å²) in [6, 6.07) is 7.74. The second kappa shape index (κ2) is 6.39. The van der Waals surface area contributed by atoms with Gasteiger partial charge in [0.25, 0.3) is 0 Å². The van der Waals surface area contributed by atoms with Crippen molar-refractivity contribution in [2.45, 2.75) is 19.1 Å². The molecule has 1 saturated heterocycles. The lowest BCUT2D eigenvalue weighted by molar-refractivity contribution is -0.205. The first-order valence-electron chi connectivity index (χ1n) is 6.24. The van der Waals surface area contributed by atoms with Crippen LogP contribution in [0.3, 0.4) is 0 Å². The highest BCUT2D eigenvalue weighted by molar-refractivity contribution is 5.34. The third-order valence-electron chi connectivity index (χ3n) is 3.10. The summed E-state index contributed by atoms with van der Waals surface area (Å²) in [6.07, 6.45) is 9.09. The van der Waals surface area contributed by atoms with E-state index in [2.05, 4.69) is 12.5 Å². The van der Waals surface area contributed by atoms with E-state index in [1.807, 2.05) is 30.3 Å². The van der Waals surface area contributed by atoms with Gasteiger partial charge in [0.2, 0.25) is 0 Å². The lowest BCUT2D eigenvalue weighted by Gasteiger charge is -2.29. The van der Waals surface area contributed by atoms with E-state index in [1.54, 1.807) is 0 Å². The molecule has 1 heterocycles. The largest absolute Gasteiger partial charge is 0.348 e. The molecule has 0 unspecified atom stereocenters. The molecule has 2 nitrogen and oxygen atoms in total. The van der Waals surface area contributed by atoms with Crippen LogP contribution in [0.5, 0.6) is 0 Å². The van der Waals surface area contributed by atoms with Crippen molar-refractivity contribution in [2.75, 3.05) is 13.2 Å². The lowest BCUT2D eigenvalue weighted by Crippen LogP contribution is -2.26. The fourth-order valence-corrected chi connectivity index (χ4v) is 1.99. The van der Waals surface area contributed by atoms with E-state index in [9.17, 15) is 0 Å². The van der Waals surface area contributed by atoms with Crippen molar-refractivity contribution in [1.82, 2.24) is 0 Å². The molecule has 0 spiro atoms. The predicted molar refractivity (Wildman–Crippen MR) is 71.9 cm³/mol. The molecule has 18 heavy (non-hydrogen) atoms. The smallest absolute Gasteiger partial charge is 0.183 e. The van der Waals surface area contributed by atoms with Crippen LogP contribution in [0.2, 0.25) is 0 Å². The third kappa shape index (κ3) is 3.22. The number of terminal acetylenes is 1. The molecule has 0 atom stereocenters. The molecule has 0 N–H and O–H groups in total. The van der Waals surface area contributed by atoms with Crippen LogP contribution in [-0.2, 0) is 9.47 Å². The molecule has 1 fully saturated rings. The Bertz CT molecular complexity index is 419. The Morgan fingerprint density at radius 3 is 2.50 bits per heavy atom. The maximum Gasteiger partial charge on any atom is 0.183 e. The van der Waals surface area contributed by atoms with Crippen LogP contribution >= 0.6 is 0 Å². The summed E-state index contributed by atoms with van der Waals surface area (Å²) in [5.74, 6) is 3.07. The Labute approximate surface area is 109 Å². The maximum absolute atomic E-state index is 5.74. The van der Waals surface area contributed by atoms with Crippen LogP contribution in [0.25, 0.3) is 0 Å². The van der Waals surface area contributed by atoms with Gasteiger partial charge in [0, 0.05) is 17.0 Å². The van der Waals surface area contributed by atoms with Crippen molar-refractivity contribution >= 4 is 0 Å². The van der Waals surface area contributed by atoms with E-state index in [0.717, 1.165) is 37.2 Å². The highest BCUT2D eigenvalue weighted by atomic mass is 16.7. The van der Waals surface area contributed by atoms with Gasteiger partial charge in [-0.15, -0.1) is 13.0 Å². The molecule has 0 amide bonds. The molecule has 2 heteroatoms. The Balaban J connectivity index is 1.88. The summed E-state index contributed by atoms with van der Waals surface area (Å²) < 4.78 is 11.5. The van der Waals surface area contributed by atoms with Crippen molar-refractivity contribution < 1.29 is 9.47 Å². The molecular weight excluding hydrogens is 224 g/mol. The van der Waals surface area contributed by atoms with Crippen LogP contribution in [0.15, 0.2) is 36.9 Å². The minimum Gasteiger partial charge on any atom is -0.348 e. The van der Waals surface area contributed by atoms with Crippen molar-refractivity contribution in [3.63, 3.8) is 0 Å². The van der Waals surface area contributed by atoms with E-state index in [0.29, 0.717) is 5.92 Å². The number of rotatable bonds is 4. The number of benzene rings is 1. The zero-order valence-corrected chi connectivity index (χ0v) is 10.5. The van der Waals surface area contributed by atoms with E-state index in [1.165, 1.54) is 0 Å². The van der Waals surface area contributed by atoms with Crippen molar-refractivity contribution in [1.29, 1.82) is 0 Å². The first-order valence-corrected chi connectivity index (χ1v) is 6.24. The van der Waals surface area contributed by atoms with Gasteiger partial charge in [-0.1, -0.05) is 24.1 Å². The van der Waals surface area contributed by atoms with Crippen molar-refractivity contribution in [3.05, 3.63) is 48.0 Å². The second-order valence-corrected chi connectivity index (χ2v) is 4.50. The van der Waals surface area contributed by atoms with Gasteiger partial charge < -0.3 is 9.47 Å². The molecule has 0 radical (unpaired) electrons. The zero-order valence-electron chi connectivity index (χ0n) is 10.5. The Morgan fingerprint density at radius 2 is 1.94 bits per heavy atom. The average molecular weight is 242 g/mol. The first kappa shape index (κ1) is 12.9. The van der Waals surface area contributed by atoms with Crippen molar-refractivity contribution in [2.24, 2.45) is 5.92 Å². The summed E-state index contributed by atoms with van der Waals surface area (Å²) in [5.41, 5.74) is 1.90. The van der Waals surface area contributed by atoms with Crippen LogP contribution < -0.4 is 0 Å². The van der Waals surface area contributed by atoms with Gasteiger partial charge in [-0.3, -0.25) is 0 Å². The van der Waals surface area contributed by atoms with Crippen molar-refractivity contribution in [3.8, 4) is 12.3 Å². The van der Waals surface area contributed by atoms with Crippen LogP contribution in [0, 0.1) is 18.3 Å². The van der Waals surface area contributed by atoms with Gasteiger partial charge in [0.1, 0.15) is 0 Å². The van der Waals surface area contributed by atoms with Gasteiger partial charge in [0.05, 0.1) is 13.2 Å². The Kier molecular flexibility index (Phi) is 4.58. The molecule has 94 valence electrons. The quantitative estimate of drug-likeness (QED) is 0.596. The molecule has 1 aliphatic heterocycles. The topological polar surface area (TPSA) is 18.5 Å². The van der Waals surface area contributed by atoms with Gasteiger partial charge in [-0.2, -0.15) is 0 Å². The van der Waals surface area contributed by atoms with E-state index in [-0.39, 0.29) is 6.29 Å². The molecule has 2 rings (SSSR count). The summed E-state index contributed by atoms with van der Waals surface area (Å²) in [4.78, 5) is 0. The summed E-state index contributed by atoms with van der Waals surface area (Å²) in [5, 5.41) is 0. The third-order valence-corrected chi connectivity index (χ3v) is 3.10. The molecule has 1 aliphatic rings. The highest BCUT2D eigenvalue weighted by Crippen LogP contribution is 2.26. The minimum absolute atomic E-state index is 0.253. The number of allylic oxidation sites excluding steroid dienone is 1. The van der Waals surface area contributed by atoms with Gasteiger partial charge in [-0.05, 0) is 25.0 Å². The number of ether oxygens (including phenoxy) is 2. The van der Waals surface area contributed by atoms with E-state index in [4.69, 9.17) is 15.9 Å². The van der Waals surface area contributed by atoms with E-state index >= 15 is 0 Å². The van der Waals surface area contributed by atoms with Gasteiger partial charge in [-0.25, -0.2) is 0 Å². The SMILES string of the molecule is C#Cc1ccc(C2OCC(CCC=C)CO2)cc1. The normalized spacial score (nSPS) is 23.3. The summed E-state index contributed by atoms with van der Waals surface area (Å²) in [6.45, 7) is 5.22. The fourth-order valence-electron chi connectivity index (χ4n) is 1.99. The lowest BCUT2D eigenvalue weighted by atomic mass is 10.0. The molecule has 0 bridgehead atoms.